The maximum absolute atomic E-state index is 5.27. The van der Waals surface area contributed by atoms with Crippen molar-refractivity contribution in [3.8, 4) is 67.3 Å². The van der Waals surface area contributed by atoms with Gasteiger partial charge in [-0.1, -0.05) is 176 Å². The highest BCUT2D eigenvalue weighted by molar-refractivity contribution is 7.25. The van der Waals surface area contributed by atoms with Gasteiger partial charge >= 0.3 is 0 Å². The fourth-order valence-electron chi connectivity index (χ4n) is 9.14. The molecule has 0 bridgehead atoms. The third kappa shape index (κ3) is 6.18. The van der Waals surface area contributed by atoms with E-state index in [9.17, 15) is 0 Å². The SMILES string of the molecule is c1ccc(-c2nc(-c3cccc(-c4cccc(-c5c6ccccc6cc6c5ccc5ccccc56)c4)c3)cc(-c3ccccc3-c3ccc4sc5ccccc5c4c3)n2)cc1. The van der Waals surface area contributed by atoms with Crippen molar-refractivity contribution in [1.82, 2.24) is 9.97 Å². The number of benzene rings is 10. The predicted molar refractivity (Wildman–Crippen MR) is 260 cm³/mol. The van der Waals surface area contributed by atoms with Crippen molar-refractivity contribution in [2.24, 2.45) is 0 Å². The quantitative estimate of drug-likeness (QED) is 0.124. The molecule has 0 saturated carbocycles. The molecule has 0 unspecified atom stereocenters. The van der Waals surface area contributed by atoms with E-state index in [-0.39, 0.29) is 0 Å². The molecule has 61 heavy (non-hydrogen) atoms. The van der Waals surface area contributed by atoms with Gasteiger partial charge in [0.2, 0.25) is 0 Å². The molecule has 0 aliphatic rings. The molecule has 0 saturated heterocycles. The first kappa shape index (κ1) is 35.2. The minimum Gasteiger partial charge on any atom is -0.228 e. The highest BCUT2D eigenvalue weighted by Crippen LogP contribution is 2.42. The second kappa shape index (κ2) is 14.5. The highest BCUT2D eigenvalue weighted by atomic mass is 32.1. The van der Waals surface area contributed by atoms with Gasteiger partial charge in [-0.15, -0.1) is 11.3 Å². The van der Waals surface area contributed by atoms with E-state index in [1.165, 1.54) is 69.2 Å². The van der Waals surface area contributed by atoms with Crippen molar-refractivity contribution in [2.45, 2.75) is 0 Å². The Morgan fingerprint density at radius 1 is 0.279 bits per heavy atom. The van der Waals surface area contributed by atoms with Crippen LogP contribution in [0.25, 0.3) is 120 Å². The lowest BCUT2D eigenvalue weighted by Gasteiger charge is -2.15. The van der Waals surface area contributed by atoms with Crippen LogP contribution >= 0.6 is 11.3 Å². The van der Waals surface area contributed by atoms with Crippen LogP contribution < -0.4 is 0 Å². The van der Waals surface area contributed by atoms with Gasteiger partial charge in [-0.3, -0.25) is 0 Å². The maximum Gasteiger partial charge on any atom is 0.160 e. The molecular weight excluding hydrogens is 757 g/mol. The number of rotatable bonds is 6. The molecule has 3 heteroatoms. The van der Waals surface area contributed by atoms with Gasteiger partial charge in [0.15, 0.2) is 5.82 Å². The molecule has 0 amide bonds. The van der Waals surface area contributed by atoms with E-state index in [4.69, 9.17) is 9.97 Å². The third-order valence-electron chi connectivity index (χ3n) is 12.1. The fourth-order valence-corrected chi connectivity index (χ4v) is 10.2. The summed E-state index contributed by atoms with van der Waals surface area (Å²) in [5.74, 6) is 0.699. The van der Waals surface area contributed by atoms with E-state index in [0.717, 1.165) is 44.8 Å². The molecule has 0 atom stereocenters. The summed E-state index contributed by atoms with van der Waals surface area (Å²) in [5.41, 5.74) is 11.9. The van der Waals surface area contributed by atoms with E-state index < -0.39 is 0 Å². The summed E-state index contributed by atoms with van der Waals surface area (Å²) in [7, 11) is 0. The lowest BCUT2D eigenvalue weighted by molar-refractivity contribution is 1.18. The Kier molecular flexibility index (Phi) is 8.39. The molecule has 2 nitrogen and oxygen atoms in total. The zero-order valence-electron chi connectivity index (χ0n) is 33.1. The number of fused-ring (bicyclic) bond motifs is 7. The topological polar surface area (TPSA) is 25.8 Å². The molecule has 0 N–H and O–H groups in total. The molecule has 284 valence electrons. The van der Waals surface area contributed by atoms with E-state index in [2.05, 4.69) is 212 Å². The van der Waals surface area contributed by atoms with Gasteiger partial charge in [0.05, 0.1) is 11.4 Å². The van der Waals surface area contributed by atoms with E-state index >= 15 is 0 Å². The van der Waals surface area contributed by atoms with Crippen LogP contribution in [0, 0.1) is 0 Å². The van der Waals surface area contributed by atoms with Crippen molar-refractivity contribution in [2.75, 3.05) is 0 Å². The Morgan fingerprint density at radius 3 is 1.75 bits per heavy atom. The number of aromatic nitrogens is 2. The first-order valence-corrected chi connectivity index (χ1v) is 21.5. The van der Waals surface area contributed by atoms with Gasteiger partial charge in [0, 0.05) is 36.9 Å². The van der Waals surface area contributed by atoms with E-state index in [1.54, 1.807) is 0 Å². The van der Waals surface area contributed by atoms with Gasteiger partial charge in [0.1, 0.15) is 0 Å². The van der Waals surface area contributed by atoms with Gasteiger partial charge in [-0.2, -0.15) is 0 Å². The van der Waals surface area contributed by atoms with Crippen LogP contribution in [0.15, 0.2) is 218 Å². The molecule has 0 radical (unpaired) electrons. The minimum absolute atomic E-state index is 0.699. The Balaban J connectivity index is 0.991. The second-order valence-corrected chi connectivity index (χ2v) is 16.8. The van der Waals surface area contributed by atoms with Crippen LogP contribution in [0.2, 0.25) is 0 Å². The third-order valence-corrected chi connectivity index (χ3v) is 13.2. The monoisotopic (exact) mass is 792 g/mol. The Bertz CT molecular complexity index is 3660. The summed E-state index contributed by atoms with van der Waals surface area (Å²) in [6.45, 7) is 0. The second-order valence-electron chi connectivity index (χ2n) is 15.7. The highest BCUT2D eigenvalue weighted by Gasteiger charge is 2.17. The summed E-state index contributed by atoms with van der Waals surface area (Å²) in [6, 6.07) is 78.8. The van der Waals surface area contributed by atoms with Crippen molar-refractivity contribution in [1.29, 1.82) is 0 Å². The van der Waals surface area contributed by atoms with Crippen LogP contribution in [-0.2, 0) is 0 Å². The number of thiophene rings is 1. The smallest absolute Gasteiger partial charge is 0.160 e. The lowest BCUT2D eigenvalue weighted by atomic mass is 9.88. The van der Waals surface area contributed by atoms with Crippen molar-refractivity contribution >= 4 is 63.8 Å². The lowest BCUT2D eigenvalue weighted by Crippen LogP contribution is -1.97. The molecule has 2 heterocycles. The Hall–Kier alpha value is -7.72. The van der Waals surface area contributed by atoms with Crippen LogP contribution in [0.4, 0.5) is 0 Å². The average Bonchev–Trinajstić information content (AvgIpc) is 3.71. The van der Waals surface area contributed by atoms with Gasteiger partial charge in [-0.25, -0.2) is 9.97 Å². The minimum atomic E-state index is 0.699. The Morgan fingerprint density at radius 2 is 0.902 bits per heavy atom. The number of hydrogen-bond donors (Lipinski definition) is 0. The normalized spacial score (nSPS) is 11.6. The van der Waals surface area contributed by atoms with Crippen molar-refractivity contribution in [3.05, 3.63) is 218 Å². The van der Waals surface area contributed by atoms with Crippen LogP contribution in [0.1, 0.15) is 0 Å². The van der Waals surface area contributed by atoms with Gasteiger partial charge in [0.25, 0.3) is 0 Å². The van der Waals surface area contributed by atoms with E-state index in [0.29, 0.717) is 5.82 Å². The molecule has 12 aromatic rings. The van der Waals surface area contributed by atoms with Crippen LogP contribution in [0.3, 0.4) is 0 Å². The summed E-state index contributed by atoms with van der Waals surface area (Å²) >= 11 is 1.84. The number of hydrogen-bond acceptors (Lipinski definition) is 3. The predicted octanol–water partition coefficient (Wildman–Crippen LogP) is 16.3. The molecular formula is C58H36N2S. The first-order chi connectivity index (χ1) is 30.2. The maximum atomic E-state index is 5.27. The van der Waals surface area contributed by atoms with Crippen LogP contribution in [0.5, 0.6) is 0 Å². The fraction of sp³-hybridized carbons (Fsp3) is 0. The van der Waals surface area contributed by atoms with Crippen molar-refractivity contribution in [3.63, 3.8) is 0 Å². The van der Waals surface area contributed by atoms with E-state index in [1.807, 2.05) is 17.4 Å². The first-order valence-electron chi connectivity index (χ1n) is 20.7. The zero-order valence-corrected chi connectivity index (χ0v) is 33.9. The zero-order chi connectivity index (χ0) is 40.3. The average molecular weight is 793 g/mol. The molecule has 10 aromatic carbocycles. The molecule has 12 rings (SSSR count). The molecule has 0 aliphatic carbocycles. The summed E-state index contributed by atoms with van der Waals surface area (Å²) in [4.78, 5) is 10.5. The molecule has 2 aromatic heterocycles. The summed E-state index contributed by atoms with van der Waals surface area (Å²) in [6.07, 6.45) is 0. The molecule has 0 fully saturated rings. The summed E-state index contributed by atoms with van der Waals surface area (Å²) in [5, 5.41) is 10.1. The van der Waals surface area contributed by atoms with Crippen molar-refractivity contribution < 1.29 is 0 Å². The standard InChI is InChI=1S/C58H36N2S/c1-2-15-38(16-3-1)58-59-53(36-54(60-58)48-25-9-8-23-46(48)42-29-31-56-52(35-42)49-26-10-11-27-55(49)61-56)43-20-12-18-39(32-43)40-19-13-21-44(33-40)57-47-24-7-5-17-41(47)34-51-45-22-6-4-14-37(45)28-30-50(51)57/h1-36H. The molecule has 0 spiro atoms. The van der Waals surface area contributed by atoms with Gasteiger partial charge in [-0.05, 0) is 108 Å². The molecule has 0 aliphatic heterocycles. The van der Waals surface area contributed by atoms with Crippen LogP contribution in [-0.4, -0.2) is 9.97 Å². The largest absolute Gasteiger partial charge is 0.228 e. The number of nitrogens with zero attached hydrogens (tertiary/aromatic N) is 2. The Labute approximate surface area is 357 Å². The summed E-state index contributed by atoms with van der Waals surface area (Å²) < 4.78 is 2.60. The van der Waals surface area contributed by atoms with Gasteiger partial charge < -0.3 is 0 Å².